The minimum Gasteiger partial charge on any atom is -0.375 e. The van der Waals surface area contributed by atoms with Crippen molar-refractivity contribution in [3.63, 3.8) is 0 Å². The number of hydrogen-bond acceptors (Lipinski definition) is 6. The van der Waals surface area contributed by atoms with E-state index in [1.165, 1.54) is 101 Å². The molecule has 6 nitrogen and oxygen atoms in total. The second kappa shape index (κ2) is 33.3. The monoisotopic (exact) mass is 1190 g/mol. The number of ether oxygens (including phenoxy) is 2. The van der Waals surface area contributed by atoms with Gasteiger partial charge in [0.15, 0.2) is 11.6 Å². The van der Waals surface area contributed by atoms with Crippen LogP contribution in [0.3, 0.4) is 0 Å². The molecule has 4 saturated heterocycles. The second-order valence-corrected chi connectivity index (χ2v) is 35.5. The number of anilines is 1. The summed E-state index contributed by atoms with van der Waals surface area (Å²) in [5, 5.41) is 0. The molecule has 492 valence electrons. The molecule has 3 aromatic rings. The Bertz CT molecular complexity index is 2270. The molecule has 0 saturated carbocycles. The van der Waals surface area contributed by atoms with E-state index in [2.05, 4.69) is 268 Å². The minimum absolute atomic E-state index is 0.00722. The molecule has 4 aliphatic heterocycles. The molecule has 0 aromatic heterocycles. The summed E-state index contributed by atoms with van der Waals surface area (Å²) >= 11 is 0. The van der Waals surface area contributed by atoms with E-state index in [4.69, 9.17) is 9.47 Å². The summed E-state index contributed by atoms with van der Waals surface area (Å²) < 4.78 is 36.8. The molecule has 0 radical (unpaired) electrons. The number of nitrogens with zero attached hydrogens (tertiary/aromatic N) is 4. The highest BCUT2D eigenvalue weighted by Crippen LogP contribution is 2.39. The highest BCUT2D eigenvalue weighted by Gasteiger charge is 2.38. The third-order valence-electron chi connectivity index (χ3n) is 16.1. The number of likely N-dealkylation sites (N-methyl/N-ethyl adjacent to an activating group) is 1. The fraction of sp³-hybridized carbons (Fsp3) is 0.766. The number of hydrogen-bond donors (Lipinski definition) is 0. The molecule has 0 spiro atoms. The summed E-state index contributed by atoms with van der Waals surface area (Å²) in [5.41, 5.74) is 7.55. The van der Waals surface area contributed by atoms with Crippen molar-refractivity contribution in [2.45, 2.75) is 304 Å². The Morgan fingerprint density at radius 2 is 1.01 bits per heavy atom. The first-order valence-corrected chi connectivity index (χ1v) is 33.1. The van der Waals surface area contributed by atoms with Gasteiger partial charge in [-0.2, -0.15) is 0 Å². The summed E-state index contributed by atoms with van der Waals surface area (Å²) in [7, 11) is 2.20. The fourth-order valence-electron chi connectivity index (χ4n) is 10.7. The third kappa shape index (κ3) is 34.1. The van der Waals surface area contributed by atoms with Gasteiger partial charge in [0.25, 0.3) is 0 Å². The van der Waals surface area contributed by atoms with Crippen molar-refractivity contribution in [3.8, 4) is 0 Å². The van der Waals surface area contributed by atoms with Crippen molar-refractivity contribution < 1.29 is 18.3 Å². The Morgan fingerprint density at radius 1 is 0.518 bits per heavy atom. The van der Waals surface area contributed by atoms with Crippen LogP contribution in [-0.2, 0) is 25.7 Å². The quantitative estimate of drug-likeness (QED) is 0.259. The van der Waals surface area contributed by atoms with E-state index in [1.807, 2.05) is 20.8 Å². The number of halogens is 2. The summed E-state index contributed by atoms with van der Waals surface area (Å²) in [6.07, 6.45) is 9.82. The van der Waals surface area contributed by atoms with Gasteiger partial charge in [-0.25, -0.2) is 8.78 Å². The largest absolute Gasteiger partial charge is 0.375 e. The van der Waals surface area contributed by atoms with Crippen LogP contribution < -0.4 is 4.90 Å². The molecular weight excluding hydrogens is 1050 g/mol. The Hall–Kier alpha value is -2.88. The molecule has 0 amide bonds. The molecule has 7 rings (SSSR count). The second-order valence-electron chi connectivity index (χ2n) is 35.5. The third-order valence-corrected chi connectivity index (χ3v) is 16.1. The van der Waals surface area contributed by atoms with Crippen molar-refractivity contribution in [1.82, 2.24) is 14.7 Å². The van der Waals surface area contributed by atoms with Gasteiger partial charge in [-0.05, 0) is 187 Å². The number of rotatable bonds is 4. The maximum atomic E-state index is 12.7. The van der Waals surface area contributed by atoms with Gasteiger partial charge in [-0.3, -0.25) is 9.80 Å². The van der Waals surface area contributed by atoms with Gasteiger partial charge < -0.3 is 19.3 Å². The van der Waals surface area contributed by atoms with Crippen LogP contribution >= 0.6 is 0 Å². The Labute approximate surface area is 527 Å². The summed E-state index contributed by atoms with van der Waals surface area (Å²) in [6.45, 7) is 76.0. The molecule has 0 bridgehead atoms. The van der Waals surface area contributed by atoms with Gasteiger partial charge in [0.2, 0.25) is 0 Å². The first-order chi connectivity index (χ1) is 38.2. The van der Waals surface area contributed by atoms with Crippen LogP contribution in [0.4, 0.5) is 14.5 Å². The topological polar surface area (TPSA) is 31.4 Å². The highest BCUT2D eigenvalue weighted by molar-refractivity contribution is 5.56. The molecular formula is C77H138F2N4O2. The van der Waals surface area contributed by atoms with Crippen molar-refractivity contribution >= 4 is 5.69 Å². The van der Waals surface area contributed by atoms with E-state index in [9.17, 15) is 8.78 Å². The van der Waals surface area contributed by atoms with Crippen LogP contribution in [0.15, 0.2) is 72.8 Å². The van der Waals surface area contributed by atoms with E-state index < -0.39 is 11.6 Å². The molecule has 8 heteroatoms. The minimum atomic E-state index is -0.789. The molecule has 4 fully saturated rings. The van der Waals surface area contributed by atoms with E-state index in [0.717, 1.165) is 43.4 Å². The molecule has 85 heavy (non-hydrogen) atoms. The van der Waals surface area contributed by atoms with E-state index >= 15 is 0 Å². The normalized spacial score (nSPS) is 20.7. The molecule has 3 atom stereocenters. The van der Waals surface area contributed by atoms with Crippen LogP contribution in [0, 0.1) is 33.3 Å². The lowest BCUT2D eigenvalue weighted by Crippen LogP contribution is -2.47. The first-order valence-electron chi connectivity index (χ1n) is 33.1. The lowest BCUT2D eigenvalue weighted by molar-refractivity contribution is -0.0604. The number of para-hydroxylation sites is 1. The van der Waals surface area contributed by atoms with Crippen molar-refractivity contribution in [3.05, 3.63) is 101 Å². The van der Waals surface area contributed by atoms with Gasteiger partial charge in [-0.15, -0.1) is 0 Å². The van der Waals surface area contributed by atoms with Crippen LogP contribution in [-0.4, -0.2) is 109 Å². The smallest absolute Gasteiger partial charge is 0.159 e. The van der Waals surface area contributed by atoms with Crippen molar-refractivity contribution in [1.29, 1.82) is 0 Å². The van der Waals surface area contributed by atoms with E-state index in [-0.39, 0.29) is 27.4 Å². The summed E-state index contributed by atoms with van der Waals surface area (Å²) in [4.78, 5) is 10.2. The maximum absolute atomic E-state index is 12.7. The maximum Gasteiger partial charge on any atom is 0.159 e. The Kier molecular flexibility index (Phi) is 31.4. The molecule has 4 aliphatic rings. The predicted octanol–water partition coefficient (Wildman–Crippen LogP) is 21.0. The zero-order chi connectivity index (χ0) is 66.0. The van der Waals surface area contributed by atoms with Gasteiger partial charge in [0, 0.05) is 62.6 Å². The average molecular weight is 1190 g/mol. The molecule has 3 aromatic carbocycles. The van der Waals surface area contributed by atoms with Gasteiger partial charge in [0.05, 0.1) is 23.9 Å². The standard InChI is InChI=1S/C15H24N2.C12H25N.C11H23N.C10H12F2.C10H20O.C10H14.C9H20O/c1-15(2,3)13-7-5-6-8-14(13)17-11-9-16(4)10-12-17;1-10-7-6-8-11(2)13(10)9-12(3,4)5;1-10(2,3)9-12-8-6-7-11(12,4)5;1-10(2,3)7-4-5-8(11)9(12)6-7;1-9(2,3)8-6-7-10(4,5)11-8;1-10(2,3)9-7-5-4-6-8-9;1-8(2,3)7-10-9(4,5)6/h5-8H,9-12H2,1-4H3;10-11H,6-9H2,1-5H3;6-9H2,1-5H3;4-6H,1-3H3;8H,6-7H2,1-5H3;4-8H,1-3H3;7H2,1-6H3/t;10-,11+;;;;;. The molecule has 4 heterocycles. The summed E-state index contributed by atoms with van der Waals surface area (Å²) in [5.74, 6) is -1.56. The lowest BCUT2D eigenvalue weighted by Gasteiger charge is -2.42. The SMILES string of the molecule is CC(C)(C)CN1CCCC1(C)C.CC(C)(C)COC(C)(C)C.CC(C)(C)c1ccc(F)c(F)c1.CC(C)(C)c1ccccc1.CC1(C)CCC(C(C)(C)C)O1.CN1CCN(c2ccccc2C(C)(C)C)CC1.C[C@@H]1CCC[C@H](C)N1CC(C)(C)C. The van der Waals surface area contributed by atoms with Crippen molar-refractivity contribution in [2.24, 2.45) is 21.7 Å². The molecule has 1 unspecified atom stereocenters. The first kappa shape index (κ1) is 80.1. The summed E-state index contributed by atoms with van der Waals surface area (Å²) in [6, 6.07) is 25.0. The number of likely N-dealkylation sites (tertiary alicyclic amines) is 2. The van der Waals surface area contributed by atoms with Crippen LogP contribution in [0.5, 0.6) is 0 Å². The van der Waals surface area contributed by atoms with E-state index in [0.29, 0.717) is 33.3 Å². The predicted molar refractivity (Wildman–Crippen MR) is 371 cm³/mol. The fourth-order valence-corrected chi connectivity index (χ4v) is 10.7. The number of benzene rings is 3. The van der Waals surface area contributed by atoms with Crippen LogP contribution in [0.1, 0.15) is 269 Å². The van der Waals surface area contributed by atoms with Gasteiger partial charge >= 0.3 is 0 Å². The molecule has 0 N–H and O–H groups in total. The Balaban J connectivity index is 0.000000500. The van der Waals surface area contributed by atoms with Gasteiger partial charge in [0.1, 0.15) is 0 Å². The van der Waals surface area contributed by atoms with Crippen LogP contribution in [0.25, 0.3) is 0 Å². The average Bonchev–Trinajstić information content (AvgIpc) is 3.17. The molecule has 0 aliphatic carbocycles. The van der Waals surface area contributed by atoms with Crippen molar-refractivity contribution in [2.75, 3.05) is 64.4 Å². The number of piperidine rings is 1. The zero-order valence-electron chi connectivity index (χ0n) is 61.6. The van der Waals surface area contributed by atoms with Gasteiger partial charge in [-0.1, -0.05) is 206 Å². The Morgan fingerprint density at radius 3 is 1.36 bits per heavy atom. The highest BCUT2D eigenvalue weighted by atomic mass is 19.2. The lowest BCUT2D eigenvalue weighted by atomic mass is 9.85. The van der Waals surface area contributed by atoms with E-state index in [1.54, 1.807) is 6.07 Å². The zero-order valence-corrected chi connectivity index (χ0v) is 61.6. The number of piperazine rings is 1. The van der Waals surface area contributed by atoms with Crippen LogP contribution in [0.2, 0.25) is 0 Å².